The average Bonchev–Trinajstić information content (AvgIpc) is 2.50. The van der Waals surface area contributed by atoms with Crippen LogP contribution in [0.2, 0.25) is 0 Å². The second-order valence-corrected chi connectivity index (χ2v) is 5.21. The quantitative estimate of drug-likeness (QED) is 0.570. The van der Waals surface area contributed by atoms with Crippen molar-refractivity contribution in [1.29, 1.82) is 0 Å². The van der Waals surface area contributed by atoms with Gasteiger partial charge in [0.2, 0.25) is 0 Å². The molecule has 0 spiro atoms. The fraction of sp³-hybridized carbons (Fsp3) is 0.118. The van der Waals surface area contributed by atoms with Crippen molar-refractivity contribution in [2.24, 2.45) is 0 Å². The summed E-state index contributed by atoms with van der Waals surface area (Å²) in [7, 11) is 0. The van der Waals surface area contributed by atoms with Crippen LogP contribution in [0.1, 0.15) is 11.1 Å². The number of aromatic nitrogens is 1. The minimum Gasteiger partial charge on any atom is -0.355 e. The molecule has 0 amide bonds. The number of hydrogen-bond donors (Lipinski definition) is 1. The maximum absolute atomic E-state index is 10.8. The molecule has 3 rings (SSSR count). The van der Waals surface area contributed by atoms with Crippen molar-refractivity contribution < 1.29 is 4.92 Å². The van der Waals surface area contributed by atoms with Gasteiger partial charge in [0, 0.05) is 35.1 Å². The van der Waals surface area contributed by atoms with Crippen LogP contribution in [0.25, 0.3) is 10.9 Å². The number of nitro benzene ring substituents is 1. The predicted octanol–water partition coefficient (Wildman–Crippen LogP) is 4.50. The Morgan fingerprint density at radius 3 is 2.59 bits per heavy atom. The topological polar surface area (TPSA) is 68.1 Å². The number of hydrogen-bond acceptors (Lipinski definition) is 4. The van der Waals surface area contributed by atoms with Crippen LogP contribution in [0.5, 0.6) is 0 Å². The molecule has 0 aliphatic heterocycles. The summed E-state index contributed by atoms with van der Waals surface area (Å²) in [5, 5.41) is 15.2. The van der Waals surface area contributed by atoms with E-state index >= 15 is 0 Å². The molecule has 0 atom stereocenters. The van der Waals surface area contributed by atoms with E-state index in [9.17, 15) is 10.1 Å². The van der Waals surface area contributed by atoms with Gasteiger partial charge < -0.3 is 5.32 Å². The maximum atomic E-state index is 10.8. The van der Waals surface area contributed by atoms with Crippen LogP contribution in [0.3, 0.4) is 0 Å². The minimum absolute atomic E-state index is 0.0958. The third kappa shape index (κ3) is 2.48. The number of nitrogens with one attached hydrogen (secondary N) is 1. The van der Waals surface area contributed by atoms with Gasteiger partial charge in [-0.15, -0.1) is 0 Å². The number of non-ortho nitro benzene ring substituents is 1. The van der Waals surface area contributed by atoms with E-state index < -0.39 is 0 Å². The summed E-state index contributed by atoms with van der Waals surface area (Å²) in [5.41, 5.74) is 4.77. The van der Waals surface area contributed by atoms with Crippen LogP contribution in [-0.4, -0.2) is 9.91 Å². The lowest BCUT2D eigenvalue weighted by atomic mass is 10.1. The van der Waals surface area contributed by atoms with Gasteiger partial charge in [-0.25, -0.2) is 0 Å². The van der Waals surface area contributed by atoms with Gasteiger partial charge >= 0.3 is 0 Å². The second kappa shape index (κ2) is 5.44. The monoisotopic (exact) mass is 293 g/mol. The van der Waals surface area contributed by atoms with Crippen molar-refractivity contribution >= 4 is 28.0 Å². The lowest BCUT2D eigenvalue weighted by Gasteiger charge is -2.12. The Morgan fingerprint density at radius 1 is 1.05 bits per heavy atom. The first-order chi connectivity index (χ1) is 10.6. The van der Waals surface area contributed by atoms with E-state index in [0.717, 1.165) is 33.4 Å². The van der Waals surface area contributed by atoms with Crippen LogP contribution in [0.4, 0.5) is 17.1 Å². The van der Waals surface area contributed by atoms with E-state index in [1.165, 1.54) is 6.07 Å². The summed E-state index contributed by atoms with van der Waals surface area (Å²) in [6.07, 6.45) is 1.76. The highest BCUT2D eigenvalue weighted by Gasteiger charge is 2.10. The number of anilines is 2. The maximum Gasteiger partial charge on any atom is 0.269 e. The molecule has 5 nitrogen and oxygen atoms in total. The van der Waals surface area contributed by atoms with Crippen LogP contribution in [0.15, 0.2) is 48.7 Å². The first kappa shape index (κ1) is 14.0. The lowest BCUT2D eigenvalue weighted by Crippen LogP contribution is -1.97. The predicted molar refractivity (Wildman–Crippen MR) is 87.6 cm³/mol. The third-order valence-electron chi connectivity index (χ3n) is 3.66. The number of benzene rings is 2. The Kier molecular flexibility index (Phi) is 3.47. The Morgan fingerprint density at radius 2 is 1.86 bits per heavy atom. The van der Waals surface area contributed by atoms with Crippen molar-refractivity contribution in [2.45, 2.75) is 13.8 Å². The van der Waals surface area contributed by atoms with Crippen LogP contribution < -0.4 is 5.32 Å². The molecule has 0 fully saturated rings. The van der Waals surface area contributed by atoms with Gasteiger partial charge in [0.05, 0.1) is 10.4 Å². The molecular weight excluding hydrogens is 278 g/mol. The molecule has 110 valence electrons. The number of para-hydroxylation sites is 1. The molecule has 0 saturated carbocycles. The van der Waals surface area contributed by atoms with E-state index in [1.54, 1.807) is 18.3 Å². The number of fused-ring (bicyclic) bond motifs is 1. The Balaban J connectivity index is 2.04. The van der Waals surface area contributed by atoms with E-state index in [4.69, 9.17) is 0 Å². The standard InChI is InChI=1S/C17H15N3O2/c1-11-4-3-5-14-16(8-9-18-17(11)14)19-15-7-6-13(20(21)22)10-12(15)2/h3-10H,1-2H3,(H,18,19). The summed E-state index contributed by atoms with van der Waals surface area (Å²) in [6, 6.07) is 12.7. The molecule has 1 N–H and O–H groups in total. The molecule has 22 heavy (non-hydrogen) atoms. The summed E-state index contributed by atoms with van der Waals surface area (Å²) in [5.74, 6) is 0. The van der Waals surface area contributed by atoms with E-state index in [-0.39, 0.29) is 10.6 Å². The Labute approximate surface area is 127 Å². The third-order valence-corrected chi connectivity index (χ3v) is 3.66. The highest BCUT2D eigenvalue weighted by Crippen LogP contribution is 2.29. The van der Waals surface area contributed by atoms with E-state index in [2.05, 4.69) is 10.3 Å². The fourth-order valence-electron chi connectivity index (χ4n) is 2.48. The highest BCUT2D eigenvalue weighted by atomic mass is 16.6. The van der Waals surface area contributed by atoms with Gasteiger partial charge in [0.25, 0.3) is 5.69 Å². The molecule has 1 aromatic heterocycles. The molecule has 0 saturated heterocycles. The highest BCUT2D eigenvalue weighted by molar-refractivity contribution is 5.94. The molecular formula is C17H15N3O2. The first-order valence-electron chi connectivity index (χ1n) is 6.92. The normalized spacial score (nSPS) is 10.6. The van der Waals surface area contributed by atoms with Crippen LogP contribution in [0, 0.1) is 24.0 Å². The zero-order valence-electron chi connectivity index (χ0n) is 12.3. The zero-order chi connectivity index (χ0) is 15.7. The van der Waals surface area contributed by atoms with Crippen molar-refractivity contribution in [3.63, 3.8) is 0 Å². The molecule has 0 unspecified atom stereocenters. The molecule has 0 aliphatic carbocycles. The molecule has 2 aromatic carbocycles. The fourth-order valence-corrected chi connectivity index (χ4v) is 2.48. The lowest BCUT2D eigenvalue weighted by molar-refractivity contribution is -0.384. The average molecular weight is 293 g/mol. The van der Waals surface area contributed by atoms with Crippen LogP contribution in [-0.2, 0) is 0 Å². The molecule has 1 heterocycles. The largest absolute Gasteiger partial charge is 0.355 e. The van der Waals surface area contributed by atoms with Crippen molar-refractivity contribution in [1.82, 2.24) is 4.98 Å². The van der Waals surface area contributed by atoms with E-state index in [0.29, 0.717) is 0 Å². The van der Waals surface area contributed by atoms with E-state index in [1.807, 2.05) is 38.1 Å². The number of rotatable bonds is 3. The molecule has 0 radical (unpaired) electrons. The second-order valence-electron chi connectivity index (χ2n) is 5.21. The summed E-state index contributed by atoms with van der Waals surface area (Å²) in [4.78, 5) is 14.8. The van der Waals surface area contributed by atoms with Crippen molar-refractivity contribution in [3.05, 3.63) is 69.9 Å². The number of aryl methyl sites for hydroxylation is 2. The SMILES string of the molecule is Cc1cc([N+](=O)[O-])ccc1Nc1ccnc2c(C)cccc12. The zero-order valence-corrected chi connectivity index (χ0v) is 12.3. The first-order valence-corrected chi connectivity index (χ1v) is 6.92. The van der Waals surface area contributed by atoms with Gasteiger partial charge in [0.1, 0.15) is 0 Å². The molecule has 5 heteroatoms. The molecule has 0 aliphatic rings. The Hall–Kier alpha value is -2.95. The van der Waals surface area contributed by atoms with Gasteiger partial charge in [-0.3, -0.25) is 15.1 Å². The minimum atomic E-state index is -0.387. The van der Waals surface area contributed by atoms with Gasteiger partial charge in [-0.1, -0.05) is 18.2 Å². The number of nitro groups is 1. The molecule has 0 bridgehead atoms. The summed E-state index contributed by atoms with van der Waals surface area (Å²) < 4.78 is 0. The van der Waals surface area contributed by atoms with Crippen molar-refractivity contribution in [2.75, 3.05) is 5.32 Å². The molecule has 3 aromatic rings. The number of pyridine rings is 1. The summed E-state index contributed by atoms with van der Waals surface area (Å²) >= 11 is 0. The smallest absolute Gasteiger partial charge is 0.269 e. The van der Waals surface area contributed by atoms with Gasteiger partial charge in [-0.05, 0) is 37.1 Å². The Bertz CT molecular complexity index is 875. The van der Waals surface area contributed by atoms with Gasteiger partial charge in [-0.2, -0.15) is 0 Å². The summed E-state index contributed by atoms with van der Waals surface area (Å²) in [6.45, 7) is 3.88. The number of nitrogens with zero attached hydrogens (tertiary/aromatic N) is 2. The van der Waals surface area contributed by atoms with Gasteiger partial charge in [0.15, 0.2) is 0 Å². The van der Waals surface area contributed by atoms with Crippen LogP contribution >= 0.6 is 0 Å². The van der Waals surface area contributed by atoms with Crippen molar-refractivity contribution in [3.8, 4) is 0 Å².